The second-order valence-electron chi connectivity index (χ2n) is 0.556. The quantitative estimate of drug-likeness (QED) is 0.601. The Morgan fingerprint density at radius 3 is 1.67 bits per heavy atom. The summed E-state index contributed by atoms with van der Waals surface area (Å²) in [6, 6.07) is 0. The van der Waals surface area contributed by atoms with Crippen LogP contribution in [0.4, 0.5) is 0 Å². The van der Waals surface area contributed by atoms with Crippen molar-refractivity contribution in [2.24, 2.45) is 0 Å². The molecular weight excluding hydrogens is 323 g/mol. The standard InChI is InChI=1S/C2H5NO.H3P.U/c1-2(3)4;;/h1H3,(H2,3,4);1H3;/p-1. The minimum Gasteiger partial charge on any atom is -0.668 e. The molecule has 0 rings (SSSR count). The summed E-state index contributed by atoms with van der Waals surface area (Å²) < 4.78 is 0. The van der Waals surface area contributed by atoms with Gasteiger partial charge in [0.15, 0.2) is 0 Å². The molecule has 0 aromatic carbocycles. The summed E-state index contributed by atoms with van der Waals surface area (Å²) in [4.78, 5) is 9.11. The van der Waals surface area contributed by atoms with Crippen molar-refractivity contribution in [1.29, 1.82) is 0 Å². The Morgan fingerprint density at radius 2 is 1.67 bits per heavy atom. The normalized spacial score (nSPS) is 4.17. The molecule has 1 N–H and O–H groups in total. The summed E-state index contributed by atoms with van der Waals surface area (Å²) in [5.74, 6) is -0.583. The van der Waals surface area contributed by atoms with Gasteiger partial charge in [0, 0.05) is 37.0 Å². The number of hydrogen-bond donors (Lipinski definition) is 0. The molecule has 0 spiro atoms. The molecule has 0 aromatic heterocycles. The minimum atomic E-state index is -0.583. The number of rotatable bonds is 0. The third-order valence-corrected chi connectivity index (χ3v) is 0. The molecule has 0 bridgehead atoms. The van der Waals surface area contributed by atoms with Crippen LogP contribution in [-0.4, -0.2) is 5.91 Å². The predicted octanol–water partition coefficient (Wildman–Crippen LogP) is 0.643. The zero-order chi connectivity index (χ0) is 3.58. The van der Waals surface area contributed by atoms with E-state index in [0.717, 1.165) is 0 Å². The van der Waals surface area contributed by atoms with Crippen molar-refractivity contribution >= 4 is 15.8 Å². The van der Waals surface area contributed by atoms with Crippen LogP contribution in [0.25, 0.3) is 5.73 Å². The number of hydrogen-bond acceptors (Lipinski definition) is 1. The molecule has 1 atom stereocenters. The van der Waals surface area contributed by atoms with Gasteiger partial charge in [0.1, 0.15) is 0 Å². The van der Waals surface area contributed by atoms with Crippen LogP contribution in [0.5, 0.6) is 0 Å². The molecule has 0 aliphatic rings. The van der Waals surface area contributed by atoms with E-state index in [1.54, 1.807) is 0 Å². The summed E-state index contributed by atoms with van der Waals surface area (Å²) >= 11 is 0. The fourth-order valence-electron chi connectivity index (χ4n) is 0. The van der Waals surface area contributed by atoms with E-state index < -0.39 is 5.91 Å². The Morgan fingerprint density at radius 1 is 1.67 bits per heavy atom. The van der Waals surface area contributed by atoms with Gasteiger partial charge in [-0.2, -0.15) is 9.90 Å². The largest absolute Gasteiger partial charge is 0.668 e. The summed E-state index contributed by atoms with van der Waals surface area (Å²) in [5.41, 5.74) is 5.94. The van der Waals surface area contributed by atoms with Crippen LogP contribution in [0.2, 0.25) is 0 Å². The molecule has 1 amide bonds. The second-order valence-corrected chi connectivity index (χ2v) is 0.556. The molecule has 0 saturated heterocycles. The molecule has 36 valence electrons. The van der Waals surface area contributed by atoms with Crippen LogP contribution in [0.15, 0.2) is 0 Å². The third-order valence-electron chi connectivity index (χ3n) is 0. The first-order valence-corrected chi connectivity index (χ1v) is 0.954. The van der Waals surface area contributed by atoms with Gasteiger partial charge in [-0.05, 0) is 6.92 Å². The van der Waals surface area contributed by atoms with E-state index in [-0.39, 0.29) is 41.0 Å². The van der Waals surface area contributed by atoms with Gasteiger partial charge in [-0.3, -0.25) is 0 Å². The maximum Gasteiger partial charge on any atom is 0.0456 e. The Hall–Kier alpha value is 0.952. The molecule has 0 aromatic rings. The van der Waals surface area contributed by atoms with Gasteiger partial charge in [-0.15, -0.1) is 0 Å². The molecular formula is C2H7NOPU-. The van der Waals surface area contributed by atoms with Crippen LogP contribution in [0.1, 0.15) is 6.92 Å². The van der Waals surface area contributed by atoms with Gasteiger partial charge in [-0.1, -0.05) is 0 Å². The molecule has 0 saturated carbocycles. The van der Waals surface area contributed by atoms with E-state index in [4.69, 9.17) is 10.5 Å². The van der Waals surface area contributed by atoms with E-state index in [1.807, 2.05) is 0 Å². The molecule has 6 heavy (non-hydrogen) atoms. The number of carbonyl (C=O) groups is 1. The summed E-state index contributed by atoms with van der Waals surface area (Å²) in [6.07, 6.45) is 0. The molecule has 0 heterocycles. The average Bonchev–Trinajstić information content (AvgIpc) is 0.811. The molecule has 0 radical (unpaired) electrons. The van der Waals surface area contributed by atoms with E-state index in [2.05, 4.69) is 0 Å². The topological polar surface area (TPSA) is 40.9 Å². The van der Waals surface area contributed by atoms with E-state index in [9.17, 15) is 0 Å². The summed E-state index contributed by atoms with van der Waals surface area (Å²) in [6.45, 7) is 1.19. The first-order valence-electron chi connectivity index (χ1n) is 0.954. The second kappa shape index (κ2) is 9.35. The van der Waals surface area contributed by atoms with Crippen LogP contribution >= 0.6 is 9.90 Å². The van der Waals surface area contributed by atoms with Gasteiger partial charge in [-0.25, -0.2) is 0 Å². The maximum absolute atomic E-state index is 9.11. The average molecular weight is 330 g/mol. The maximum atomic E-state index is 9.11. The first kappa shape index (κ1) is 15.8. The monoisotopic (exact) mass is 330 g/mol. The molecule has 0 aliphatic heterocycles. The Balaban J connectivity index is -0.0000000450. The van der Waals surface area contributed by atoms with Crippen molar-refractivity contribution in [3.63, 3.8) is 0 Å². The molecule has 1 unspecified atom stereocenters. The van der Waals surface area contributed by atoms with E-state index in [0.29, 0.717) is 0 Å². The molecule has 0 aliphatic carbocycles. The Kier molecular flexibility index (Phi) is 24.6. The number of amides is 1. The third kappa shape index (κ3) is 85.3. The Bertz CT molecular complexity index is 36.5. The first-order chi connectivity index (χ1) is 1.73. The fraction of sp³-hybridized carbons (Fsp3) is 0.500. The van der Waals surface area contributed by atoms with Crippen molar-refractivity contribution in [2.45, 2.75) is 6.92 Å². The van der Waals surface area contributed by atoms with Crippen molar-refractivity contribution in [3.05, 3.63) is 5.73 Å². The van der Waals surface area contributed by atoms with Gasteiger partial charge < -0.3 is 10.5 Å². The SMILES string of the molecule is CC([NH-])=O.P.[U]. The van der Waals surface area contributed by atoms with Crippen LogP contribution in [0, 0.1) is 31.1 Å². The van der Waals surface area contributed by atoms with Crippen LogP contribution < -0.4 is 0 Å². The van der Waals surface area contributed by atoms with E-state index >= 15 is 0 Å². The predicted molar refractivity (Wildman–Crippen MR) is 26.1 cm³/mol. The van der Waals surface area contributed by atoms with Crippen LogP contribution in [-0.2, 0) is 4.79 Å². The Labute approximate surface area is 64.2 Å². The van der Waals surface area contributed by atoms with Crippen molar-refractivity contribution in [3.8, 4) is 0 Å². The van der Waals surface area contributed by atoms with Gasteiger partial charge >= 0.3 is 0 Å². The summed E-state index contributed by atoms with van der Waals surface area (Å²) in [7, 11) is 0. The molecule has 0 fully saturated rings. The minimum absolute atomic E-state index is 0. The van der Waals surface area contributed by atoms with Gasteiger partial charge in [0.2, 0.25) is 0 Å². The van der Waals surface area contributed by atoms with Gasteiger partial charge in [0.05, 0.1) is 0 Å². The van der Waals surface area contributed by atoms with Crippen molar-refractivity contribution in [2.75, 3.05) is 0 Å². The van der Waals surface area contributed by atoms with Crippen molar-refractivity contribution < 1.29 is 35.9 Å². The number of carbonyl (C=O) groups excluding carboxylic acids is 1. The molecule has 4 heteroatoms. The zero-order valence-corrected chi connectivity index (χ0v) is 9.19. The van der Waals surface area contributed by atoms with Gasteiger partial charge in [0.25, 0.3) is 0 Å². The van der Waals surface area contributed by atoms with Crippen molar-refractivity contribution in [1.82, 2.24) is 0 Å². The fourth-order valence-corrected chi connectivity index (χ4v) is 0. The summed E-state index contributed by atoms with van der Waals surface area (Å²) in [5, 5.41) is 0. The van der Waals surface area contributed by atoms with Crippen LogP contribution in [0.3, 0.4) is 0 Å². The zero-order valence-electron chi connectivity index (χ0n) is 3.62. The molecule has 2 nitrogen and oxygen atoms in total. The van der Waals surface area contributed by atoms with E-state index in [1.165, 1.54) is 6.92 Å². The number of nitrogens with one attached hydrogen (secondary N) is 1. The smallest absolute Gasteiger partial charge is 0.0456 e.